The van der Waals surface area contributed by atoms with Gasteiger partial charge < -0.3 is 5.11 Å². The highest BCUT2D eigenvalue weighted by atomic mass is 35.5. The van der Waals surface area contributed by atoms with E-state index in [1.54, 1.807) is 6.92 Å². The average Bonchev–Trinajstić information content (AvgIpc) is 2.76. The first-order chi connectivity index (χ1) is 9.19. The van der Waals surface area contributed by atoms with Crippen LogP contribution in [0.2, 0.25) is 5.02 Å². The Labute approximate surface area is 122 Å². The monoisotopic (exact) mass is 318 g/mol. The summed E-state index contributed by atoms with van der Waals surface area (Å²) in [5.74, 6) is -1.15. The molecule has 1 atom stereocenters. The van der Waals surface area contributed by atoms with Crippen LogP contribution in [0.4, 0.5) is 0 Å². The number of aryl methyl sites for hydroxylation is 1. The lowest BCUT2D eigenvalue weighted by molar-refractivity contribution is -0.146. The molecule has 0 bridgehead atoms. The Morgan fingerprint density at radius 2 is 2.20 bits per heavy atom. The molecule has 8 heteroatoms. The van der Waals surface area contributed by atoms with E-state index in [9.17, 15) is 18.3 Å². The maximum atomic E-state index is 12.7. The molecule has 0 spiro atoms. The van der Waals surface area contributed by atoms with Crippen LogP contribution in [-0.2, 0) is 14.8 Å². The van der Waals surface area contributed by atoms with Crippen molar-refractivity contribution in [2.24, 2.45) is 0 Å². The molecule has 1 aromatic rings. The molecule has 0 radical (unpaired) electrons. The Hall–Kier alpha value is -1.18. The number of hydrogen-bond acceptors (Lipinski definition) is 4. The molecular formula is C12H15ClN2O4S. The number of halogens is 1. The minimum atomic E-state index is -3.94. The molecule has 1 N–H and O–H groups in total. The summed E-state index contributed by atoms with van der Waals surface area (Å²) < 4.78 is 26.4. The van der Waals surface area contributed by atoms with Gasteiger partial charge in [-0.05, 0) is 32.8 Å². The van der Waals surface area contributed by atoms with Crippen LogP contribution < -0.4 is 0 Å². The third-order valence-electron chi connectivity index (χ3n) is 3.61. The van der Waals surface area contributed by atoms with Crippen LogP contribution in [-0.4, -0.2) is 40.9 Å². The highest BCUT2D eigenvalue weighted by Crippen LogP contribution is 2.35. The molecule has 2 heterocycles. The highest BCUT2D eigenvalue weighted by Gasteiger charge is 2.50. The van der Waals surface area contributed by atoms with Gasteiger partial charge in [0.05, 0.1) is 10.7 Å². The van der Waals surface area contributed by atoms with Crippen LogP contribution in [0.5, 0.6) is 0 Å². The zero-order chi connectivity index (χ0) is 15.1. The molecule has 20 heavy (non-hydrogen) atoms. The van der Waals surface area contributed by atoms with E-state index in [-0.39, 0.29) is 22.9 Å². The maximum Gasteiger partial charge on any atom is 0.324 e. The number of aliphatic carboxylic acids is 1. The van der Waals surface area contributed by atoms with Crippen molar-refractivity contribution in [1.82, 2.24) is 9.29 Å². The average molecular weight is 319 g/mol. The molecule has 1 aliphatic rings. The van der Waals surface area contributed by atoms with Crippen molar-refractivity contribution < 1.29 is 18.3 Å². The van der Waals surface area contributed by atoms with Gasteiger partial charge in [-0.3, -0.25) is 9.78 Å². The molecule has 1 saturated heterocycles. The second-order valence-corrected chi connectivity index (χ2v) is 7.26. The summed E-state index contributed by atoms with van der Waals surface area (Å²) in [6.07, 6.45) is 2.15. The van der Waals surface area contributed by atoms with Gasteiger partial charge >= 0.3 is 5.97 Å². The lowest BCUT2D eigenvalue weighted by Gasteiger charge is -2.30. The van der Waals surface area contributed by atoms with Crippen LogP contribution in [0.15, 0.2) is 17.2 Å². The van der Waals surface area contributed by atoms with E-state index in [4.69, 9.17) is 11.6 Å². The zero-order valence-electron chi connectivity index (χ0n) is 11.1. The fourth-order valence-electron chi connectivity index (χ4n) is 2.41. The van der Waals surface area contributed by atoms with Gasteiger partial charge in [-0.2, -0.15) is 4.31 Å². The Morgan fingerprint density at radius 3 is 2.80 bits per heavy atom. The number of hydrogen-bond donors (Lipinski definition) is 1. The van der Waals surface area contributed by atoms with Gasteiger partial charge in [0.15, 0.2) is 0 Å². The van der Waals surface area contributed by atoms with Crippen LogP contribution >= 0.6 is 11.6 Å². The zero-order valence-corrected chi connectivity index (χ0v) is 12.7. The molecule has 0 aromatic carbocycles. The minimum Gasteiger partial charge on any atom is -0.480 e. The molecule has 2 rings (SSSR count). The first-order valence-electron chi connectivity index (χ1n) is 6.08. The molecule has 1 fully saturated rings. The highest BCUT2D eigenvalue weighted by molar-refractivity contribution is 7.89. The summed E-state index contributed by atoms with van der Waals surface area (Å²) in [6, 6.07) is 1.31. The summed E-state index contributed by atoms with van der Waals surface area (Å²) in [5.41, 5.74) is -1.12. The van der Waals surface area contributed by atoms with Crippen molar-refractivity contribution in [3.63, 3.8) is 0 Å². The Kier molecular flexibility index (Phi) is 3.79. The van der Waals surface area contributed by atoms with Gasteiger partial charge in [0.2, 0.25) is 10.0 Å². The summed E-state index contributed by atoms with van der Waals surface area (Å²) in [4.78, 5) is 15.3. The summed E-state index contributed by atoms with van der Waals surface area (Å²) in [5, 5.41) is 9.53. The Bertz CT molecular complexity index is 661. The maximum absolute atomic E-state index is 12.7. The fraction of sp³-hybridized carbons (Fsp3) is 0.500. The molecule has 0 amide bonds. The van der Waals surface area contributed by atoms with Crippen molar-refractivity contribution in [1.29, 1.82) is 0 Å². The third kappa shape index (κ3) is 2.30. The Morgan fingerprint density at radius 1 is 1.55 bits per heavy atom. The van der Waals surface area contributed by atoms with E-state index >= 15 is 0 Å². The van der Waals surface area contributed by atoms with E-state index < -0.39 is 21.5 Å². The predicted molar refractivity (Wildman–Crippen MR) is 73.2 cm³/mol. The topological polar surface area (TPSA) is 87.6 Å². The van der Waals surface area contributed by atoms with Gasteiger partial charge in [-0.1, -0.05) is 11.6 Å². The van der Waals surface area contributed by atoms with E-state index in [1.807, 2.05) is 0 Å². The lowest BCUT2D eigenvalue weighted by Crippen LogP contribution is -2.50. The van der Waals surface area contributed by atoms with E-state index in [0.29, 0.717) is 12.1 Å². The first kappa shape index (κ1) is 15.2. The smallest absolute Gasteiger partial charge is 0.324 e. The molecule has 0 aliphatic carbocycles. The van der Waals surface area contributed by atoms with Crippen LogP contribution in [0.3, 0.4) is 0 Å². The van der Waals surface area contributed by atoms with Gasteiger partial charge in [-0.25, -0.2) is 8.42 Å². The van der Waals surface area contributed by atoms with Gasteiger partial charge in [0.25, 0.3) is 0 Å². The van der Waals surface area contributed by atoms with Gasteiger partial charge in [0.1, 0.15) is 10.4 Å². The van der Waals surface area contributed by atoms with Gasteiger partial charge in [0, 0.05) is 12.7 Å². The standard InChI is InChI=1S/C12H15ClN2O4S/c1-8-10(6-9(13)7-14-8)20(18,19)15-5-3-4-12(15,2)11(16)17/h6-7H,3-5H2,1-2H3,(H,16,17)/t12-/m1/s1. The van der Waals surface area contributed by atoms with E-state index in [1.165, 1.54) is 19.2 Å². The van der Waals surface area contributed by atoms with Crippen LogP contribution in [0.1, 0.15) is 25.5 Å². The molecule has 110 valence electrons. The summed E-state index contributed by atoms with van der Waals surface area (Å²) in [6.45, 7) is 3.15. The van der Waals surface area contributed by atoms with Crippen molar-refractivity contribution in [3.05, 3.63) is 23.0 Å². The number of nitrogens with zero attached hydrogens (tertiary/aromatic N) is 2. The minimum absolute atomic E-state index is 0.0422. The number of sulfonamides is 1. The lowest BCUT2D eigenvalue weighted by atomic mass is 10.0. The van der Waals surface area contributed by atoms with Crippen molar-refractivity contribution in [2.75, 3.05) is 6.54 Å². The number of carboxylic acid groups (broad SMARTS) is 1. The molecule has 0 unspecified atom stereocenters. The number of carbonyl (C=O) groups is 1. The third-order valence-corrected chi connectivity index (χ3v) is 5.95. The van der Waals surface area contributed by atoms with Crippen LogP contribution in [0.25, 0.3) is 0 Å². The molecule has 1 aliphatic heterocycles. The molecular weight excluding hydrogens is 304 g/mol. The summed E-state index contributed by atoms with van der Waals surface area (Å²) >= 11 is 5.80. The van der Waals surface area contributed by atoms with Crippen molar-refractivity contribution >= 4 is 27.6 Å². The van der Waals surface area contributed by atoms with E-state index in [0.717, 1.165) is 4.31 Å². The number of rotatable bonds is 3. The number of aromatic nitrogens is 1. The SMILES string of the molecule is Cc1ncc(Cl)cc1S(=O)(=O)N1CCC[C@]1(C)C(=O)O. The summed E-state index contributed by atoms with van der Waals surface area (Å²) in [7, 11) is -3.94. The second kappa shape index (κ2) is 4.98. The largest absolute Gasteiger partial charge is 0.480 e. The van der Waals surface area contributed by atoms with Crippen molar-refractivity contribution in [3.8, 4) is 0 Å². The number of pyridine rings is 1. The van der Waals surface area contributed by atoms with Crippen molar-refractivity contribution in [2.45, 2.75) is 37.1 Å². The first-order valence-corrected chi connectivity index (χ1v) is 7.90. The van der Waals surface area contributed by atoms with Crippen LogP contribution in [0, 0.1) is 6.92 Å². The normalized spacial score (nSPS) is 23.9. The predicted octanol–water partition coefficient (Wildman–Crippen LogP) is 1.67. The molecule has 0 saturated carbocycles. The Balaban J connectivity index is 2.55. The molecule has 1 aromatic heterocycles. The quantitative estimate of drug-likeness (QED) is 0.916. The van der Waals surface area contributed by atoms with Gasteiger partial charge in [-0.15, -0.1) is 0 Å². The fourth-order valence-corrected chi connectivity index (χ4v) is 4.64. The molecule has 6 nitrogen and oxygen atoms in total. The number of carboxylic acids is 1. The van der Waals surface area contributed by atoms with E-state index in [2.05, 4.69) is 4.98 Å². The second-order valence-electron chi connectivity index (χ2n) is 5.00.